The highest BCUT2D eigenvalue weighted by Crippen LogP contribution is 2.28. The molecule has 7 heteroatoms. The minimum Gasteiger partial charge on any atom is -0.398 e. The van der Waals surface area contributed by atoms with Gasteiger partial charge in [0.15, 0.2) is 0 Å². The van der Waals surface area contributed by atoms with E-state index in [0.717, 1.165) is 25.9 Å². The number of nitrogens with two attached hydrogens (primary N) is 1. The van der Waals surface area contributed by atoms with Crippen molar-refractivity contribution in [3.63, 3.8) is 0 Å². The molecule has 0 amide bonds. The number of halogens is 1. The summed E-state index contributed by atoms with van der Waals surface area (Å²) in [7, 11) is 0.148. The molecule has 0 bridgehead atoms. The number of piperidine rings is 1. The van der Waals surface area contributed by atoms with Crippen LogP contribution >= 0.6 is 15.9 Å². The monoisotopic (exact) mass is 361 g/mol. The zero-order chi connectivity index (χ0) is 14.9. The van der Waals surface area contributed by atoms with Crippen molar-refractivity contribution in [1.29, 1.82) is 0 Å². The summed E-state index contributed by atoms with van der Waals surface area (Å²) in [5, 5.41) is 0. The van der Waals surface area contributed by atoms with E-state index in [0.29, 0.717) is 4.47 Å². The minimum absolute atomic E-state index is 0.0366. The van der Waals surface area contributed by atoms with E-state index in [9.17, 15) is 8.42 Å². The van der Waals surface area contributed by atoms with Crippen LogP contribution in [0, 0.1) is 0 Å². The number of nitrogens with zero attached hydrogens (tertiary/aromatic N) is 2. The van der Waals surface area contributed by atoms with Gasteiger partial charge in [-0.2, -0.15) is 4.31 Å². The second-order valence-corrected chi connectivity index (χ2v) is 8.12. The standard InChI is InChI=1S/C13H20BrN3O2S/c1-16-7-5-11(6-8-16)17(2)20(18,19)13-9-10(14)3-4-12(13)15/h3-4,9,11H,5-8,15H2,1-2H3. The Hall–Kier alpha value is -0.630. The highest BCUT2D eigenvalue weighted by atomic mass is 79.9. The summed E-state index contributed by atoms with van der Waals surface area (Å²) < 4.78 is 27.6. The number of nitrogen functional groups attached to an aromatic ring is 1. The SMILES string of the molecule is CN1CCC(N(C)S(=O)(=O)c2cc(Br)ccc2N)CC1. The Kier molecular flexibility index (Phi) is 4.73. The number of rotatable bonds is 3. The Morgan fingerprint density at radius 1 is 1.35 bits per heavy atom. The Morgan fingerprint density at radius 2 is 1.95 bits per heavy atom. The van der Waals surface area contributed by atoms with Crippen molar-refractivity contribution < 1.29 is 8.42 Å². The van der Waals surface area contributed by atoms with E-state index in [1.54, 1.807) is 25.2 Å². The van der Waals surface area contributed by atoms with E-state index in [4.69, 9.17) is 5.73 Å². The van der Waals surface area contributed by atoms with Crippen LogP contribution in [0.4, 0.5) is 5.69 Å². The third kappa shape index (κ3) is 3.16. The number of anilines is 1. The number of likely N-dealkylation sites (tertiary alicyclic amines) is 1. The molecular formula is C13H20BrN3O2S. The highest BCUT2D eigenvalue weighted by Gasteiger charge is 2.31. The van der Waals surface area contributed by atoms with E-state index in [-0.39, 0.29) is 16.6 Å². The maximum absolute atomic E-state index is 12.7. The predicted molar refractivity (Wildman–Crippen MR) is 84.0 cm³/mol. The molecule has 0 atom stereocenters. The molecule has 0 aromatic heterocycles. The van der Waals surface area contributed by atoms with Crippen molar-refractivity contribution in [2.24, 2.45) is 0 Å². The average Bonchev–Trinajstić information content (AvgIpc) is 2.41. The molecule has 0 radical (unpaired) electrons. The van der Waals surface area contributed by atoms with Crippen LogP contribution in [-0.2, 0) is 10.0 Å². The molecular weight excluding hydrogens is 342 g/mol. The summed E-state index contributed by atoms with van der Waals surface area (Å²) in [6.45, 7) is 1.83. The van der Waals surface area contributed by atoms with E-state index < -0.39 is 10.0 Å². The number of hydrogen-bond acceptors (Lipinski definition) is 4. The van der Waals surface area contributed by atoms with Gasteiger partial charge in [0, 0.05) is 17.6 Å². The molecule has 112 valence electrons. The lowest BCUT2D eigenvalue weighted by atomic mass is 10.1. The van der Waals surface area contributed by atoms with Crippen molar-refractivity contribution in [3.05, 3.63) is 22.7 Å². The molecule has 1 heterocycles. The van der Waals surface area contributed by atoms with Crippen LogP contribution in [0.2, 0.25) is 0 Å². The van der Waals surface area contributed by atoms with Crippen molar-refractivity contribution in [3.8, 4) is 0 Å². The Morgan fingerprint density at radius 3 is 2.55 bits per heavy atom. The number of sulfonamides is 1. The van der Waals surface area contributed by atoms with Crippen LogP contribution in [0.15, 0.2) is 27.6 Å². The molecule has 1 aliphatic rings. The molecule has 5 nitrogen and oxygen atoms in total. The topological polar surface area (TPSA) is 66.6 Å². The molecule has 1 aliphatic heterocycles. The van der Waals surface area contributed by atoms with Gasteiger partial charge in [0.2, 0.25) is 10.0 Å². The zero-order valence-electron chi connectivity index (χ0n) is 11.7. The van der Waals surface area contributed by atoms with Crippen molar-refractivity contribution in [2.45, 2.75) is 23.8 Å². The van der Waals surface area contributed by atoms with Gasteiger partial charge >= 0.3 is 0 Å². The van der Waals surface area contributed by atoms with E-state index in [2.05, 4.69) is 27.9 Å². The molecule has 0 saturated carbocycles. The molecule has 0 aliphatic carbocycles. The predicted octanol–water partition coefficient (Wildman–Crippen LogP) is 1.75. The summed E-state index contributed by atoms with van der Waals surface area (Å²) in [6, 6.07) is 4.95. The summed E-state index contributed by atoms with van der Waals surface area (Å²) in [4.78, 5) is 2.39. The van der Waals surface area contributed by atoms with Gasteiger partial charge in [-0.05, 0) is 51.2 Å². The van der Waals surface area contributed by atoms with Crippen LogP contribution in [0.5, 0.6) is 0 Å². The van der Waals surface area contributed by atoms with Gasteiger partial charge in [0.1, 0.15) is 4.90 Å². The third-order valence-corrected chi connectivity index (χ3v) is 6.29. The van der Waals surface area contributed by atoms with Gasteiger partial charge in [-0.15, -0.1) is 0 Å². The zero-order valence-corrected chi connectivity index (χ0v) is 14.1. The lowest BCUT2D eigenvalue weighted by Crippen LogP contribution is -2.44. The first-order valence-corrected chi connectivity index (χ1v) is 8.77. The van der Waals surface area contributed by atoms with Crippen molar-refractivity contribution >= 4 is 31.6 Å². The number of hydrogen-bond donors (Lipinski definition) is 1. The summed E-state index contributed by atoms with van der Waals surface area (Å²) in [5.74, 6) is 0. The molecule has 20 heavy (non-hydrogen) atoms. The van der Waals surface area contributed by atoms with Gasteiger partial charge in [-0.1, -0.05) is 15.9 Å². The largest absolute Gasteiger partial charge is 0.398 e. The van der Waals surface area contributed by atoms with Crippen LogP contribution in [-0.4, -0.2) is 50.8 Å². The van der Waals surface area contributed by atoms with Crippen LogP contribution < -0.4 is 5.73 Å². The van der Waals surface area contributed by atoms with Crippen LogP contribution in [0.25, 0.3) is 0 Å². The normalized spacial score (nSPS) is 18.6. The first-order valence-electron chi connectivity index (χ1n) is 6.54. The Bertz CT molecular complexity index is 583. The summed E-state index contributed by atoms with van der Waals surface area (Å²) >= 11 is 3.30. The Balaban J connectivity index is 2.27. The fourth-order valence-electron chi connectivity index (χ4n) is 2.44. The van der Waals surface area contributed by atoms with Crippen molar-refractivity contribution in [1.82, 2.24) is 9.21 Å². The lowest BCUT2D eigenvalue weighted by Gasteiger charge is -2.34. The fourth-order valence-corrected chi connectivity index (χ4v) is 4.51. The molecule has 1 fully saturated rings. The van der Waals surface area contributed by atoms with E-state index in [1.807, 2.05) is 0 Å². The highest BCUT2D eigenvalue weighted by molar-refractivity contribution is 9.10. The summed E-state index contributed by atoms with van der Waals surface area (Å²) in [5.41, 5.74) is 6.12. The molecule has 0 unspecified atom stereocenters. The van der Waals surface area contributed by atoms with E-state index >= 15 is 0 Å². The molecule has 1 aromatic rings. The van der Waals surface area contributed by atoms with Crippen LogP contribution in [0.1, 0.15) is 12.8 Å². The first-order chi connectivity index (χ1) is 9.32. The van der Waals surface area contributed by atoms with Gasteiger partial charge in [-0.3, -0.25) is 0 Å². The minimum atomic E-state index is -3.55. The maximum Gasteiger partial charge on any atom is 0.245 e. The number of benzene rings is 1. The molecule has 1 aromatic carbocycles. The van der Waals surface area contributed by atoms with Gasteiger partial charge < -0.3 is 10.6 Å². The average molecular weight is 362 g/mol. The molecule has 1 saturated heterocycles. The smallest absolute Gasteiger partial charge is 0.245 e. The Labute approximate surface area is 128 Å². The van der Waals surface area contributed by atoms with Gasteiger partial charge in [0.25, 0.3) is 0 Å². The summed E-state index contributed by atoms with van der Waals surface area (Å²) in [6.07, 6.45) is 1.69. The van der Waals surface area contributed by atoms with Crippen molar-refractivity contribution in [2.75, 3.05) is 32.9 Å². The van der Waals surface area contributed by atoms with Gasteiger partial charge in [-0.25, -0.2) is 8.42 Å². The second kappa shape index (κ2) is 6.01. The first kappa shape index (κ1) is 15.8. The third-order valence-electron chi connectivity index (χ3n) is 3.83. The molecule has 0 spiro atoms. The fraction of sp³-hybridized carbons (Fsp3) is 0.538. The van der Waals surface area contributed by atoms with Gasteiger partial charge in [0.05, 0.1) is 5.69 Å². The lowest BCUT2D eigenvalue weighted by molar-refractivity contribution is 0.197. The van der Waals surface area contributed by atoms with E-state index in [1.165, 1.54) is 4.31 Å². The molecule has 2 rings (SSSR count). The maximum atomic E-state index is 12.7. The second-order valence-electron chi connectivity index (χ2n) is 5.24. The molecule has 2 N–H and O–H groups in total. The quantitative estimate of drug-likeness (QED) is 0.832. The van der Waals surface area contributed by atoms with Crippen LogP contribution in [0.3, 0.4) is 0 Å².